The standard InChI is InChI=1S/C18H18ClN3O2/c1-10-6-11-7-16(23-2)17(24-3)9-13(11)18(22-21-10)14-8-12(20)4-5-15(14)19/h4-5,7-9H,6,20H2,1-3H3. The summed E-state index contributed by atoms with van der Waals surface area (Å²) in [4.78, 5) is 0. The number of anilines is 1. The molecule has 0 unspecified atom stereocenters. The minimum absolute atomic E-state index is 0.568. The second-order valence-corrected chi connectivity index (χ2v) is 5.97. The van der Waals surface area contributed by atoms with Crippen molar-refractivity contribution < 1.29 is 9.47 Å². The molecule has 0 saturated carbocycles. The first kappa shape index (κ1) is 16.3. The Morgan fingerprint density at radius 2 is 1.71 bits per heavy atom. The van der Waals surface area contributed by atoms with Crippen molar-refractivity contribution in [1.29, 1.82) is 0 Å². The van der Waals surface area contributed by atoms with E-state index in [1.165, 1.54) is 0 Å². The number of hydrogen-bond donors (Lipinski definition) is 1. The highest BCUT2D eigenvalue weighted by atomic mass is 35.5. The van der Waals surface area contributed by atoms with Crippen LogP contribution in [0.15, 0.2) is 40.5 Å². The van der Waals surface area contributed by atoms with E-state index >= 15 is 0 Å². The maximum atomic E-state index is 6.38. The predicted molar refractivity (Wildman–Crippen MR) is 97.9 cm³/mol. The summed E-state index contributed by atoms with van der Waals surface area (Å²) in [6.45, 7) is 1.94. The maximum Gasteiger partial charge on any atom is 0.161 e. The second-order valence-electron chi connectivity index (χ2n) is 5.56. The summed E-state index contributed by atoms with van der Waals surface area (Å²) >= 11 is 6.38. The van der Waals surface area contributed by atoms with Crippen LogP contribution in [-0.4, -0.2) is 25.6 Å². The highest BCUT2D eigenvalue weighted by Crippen LogP contribution is 2.34. The quantitative estimate of drug-likeness (QED) is 0.864. The second kappa shape index (κ2) is 6.53. The van der Waals surface area contributed by atoms with E-state index in [9.17, 15) is 0 Å². The Bertz CT molecular complexity index is 860. The molecule has 1 heterocycles. The topological polar surface area (TPSA) is 69.2 Å². The molecule has 1 aliphatic heterocycles. The average molecular weight is 344 g/mol. The molecule has 5 nitrogen and oxygen atoms in total. The Morgan fingerprint density at radius 1 is 1.00 bits per heavy atom. The third kappa shape index (κ3) is 2.95. The fraction of sp³-hybridized carbons (Fsp3) is 0.222. The summed E-state index contributed by atoms with van der Waals surface area (Å²) in [6.07, 6.45) is 0.669. The molecular formula is C18H18ClN3O2. The number of nitrogens with two attached hydrogens (primary N) is 1. The van der Waals surface area contributed by atoms with Crippen molar-refractivity contribution in [3.8, 4) is 11.5 Å². The fourth-order valence-corrected chi connectivity index (χ4v) is 2.92. The Balaban J connectivity index is 2.27. The average Bonchev–Trinajstić information content (AvgIpc) is 2.73. The first-order chi connectivity index (χ1) is 11.5. The lowest BCUT2D eigenvalue weighted by Gasteiger charge is -2.15. The molecule has 1 aliphatic rings. The maximum absolute atomic E-state index is 6.38. The fourth-order valence-electron chi connectivity index (χ4n) is 2.71. The minimum Gasteiger partial charge on any atom is -0.493 e. The van der Waals surface area contributed by atoms with Crippen LogP contribution in [0.2, 0.25) is 5.02 Å². The summed E-state index contributed by atoms with van der Waals surface area (Å²) < 4.78 is 10.8. The summed E-state index contributed by atoms with van der Waals surface area (Å²) in [7, 11) is 3.22. The smallest absolute Gasteiger partial charge is 0.161 e. The number of benzene rings is 2. The van der Waals surface area contributed by atoms with Crippen molar-refractivity contribution in [3.05, 3.63) is 52.0 Å². The van der Waals surface area contributed by atoms with Crippen molar-refractivity contribution in [3.63, 3.8) is 0 Å². The van der Waals surface area contributed by atoms with E-state index in [0.717, 1.165) is 22.4 Å². The van der Waals surface area contributed by atoms with Gasteiger partial charge in [0, 0.05) is 28.9 Å². The Hall–Kier alpha value is -2.53. The van der Waals surface area contributed by atoms with Crippen molar-refractivity contribution >= 4 is 28.7 Å². The molecule has 124 valence electrons. The van der Waals surface area contributed by atoms with Gasteiger partial charge in [-0.3, -0.25) is 0 Å². The van der Waals surface area contributed by atoms with E-state index in [4.69, 9.17) is 26.8 Å². The molecule has 3 rings (SSSR count). The number of ether oxygens (including phenoxy) is 2. The highest BCUT2D eigenvalue weighted by molar-refractivity contribution is 6.35. The van der Waals surface area contributed by atoms with Gasteiger partial charge in [0.25, 0.3) is 0 Å². The number of rotatable bonds is 3. The number of halogens is 1. The number of nitrogen functional groups attached to an aromatic ring is 1. The Labute approximate surface area is 145 Å². The first-order valence-corrected chi connectivity index (χ1v) is 7.83. The van der Waals surface area contributed by atoms with E-state index in [2.05, 4.69) is 10.2 Å². The van der Waals surface area contributed by atoms with Gasteiger partial charge in [0.2, 0.25) is 0 Å². The SMILES string of the molecule is COc1cc2c(cc1OC)C(c1cc(N)ccc1Cl)=NN=C(C)C2. The summed E-state index contributed by atoms with van der Waals surface area (Å²) in [6, 6.07) is 9.18. The van der Waals surface area contributed by atoms with Crippen molar-refractivity contribution in [2.75, 3.05) is 20.0 Å². The predicted octanol–water partition coefficient (Wildman–Crippen LogP) is 3.71. The van der Waals surface area contributed by atoms with Crippen LogP contribution in [0.1, 0.15) is 23.6 Å². The van der Waals surface area contributed by atoms with Gasteiger partial charge in [-0.2, -0.15) is 5.10 Å². The minimum atomic E-state index is 0.568. The molecule has 2 aromatic carbocycles. The van der Waals surface area contributed by atoms with Gasteiger partial charge >= 0.3 is 0 Å². The molecule has 0 bridgehead atoms. The van der Waals surface area contributed by atoms with E-state index < -0.39 is 0 Å². The van der Waals surface area contributed by atoms with Crippen LogP contribution >= 0.6 is 11.6 Å². The zero-order chi connectivity index (χ0) is 17.3. The molecule has 2 aromatic rings. The van der Waals surface area contributed by atoms with Crippen LogP contribution in [0.25, 0.3) is 0 Å². The van der Waals surface area contributed by atoms with Crippen molar-refractivity contribution in [2.45, 2.75) is 13.3 Å². The van der Waals surface area contributed by atoms with E-state index in [1.807, 2.05) is 19.1 Å². The number of nitrogens with zero attached hydrogens (tertiary/aromatic N) is 2. The largest absolute Gasteiger partial charge is 0.493 e. The lowest BCUT2D eigenvalue weighted by molar-refractivity contribution is 0.354. The van der Waals surface area contributed by atoms with Crippen LogP contribution in [0, 0.1) is 0 Å². The van der Waals surface area contributed by atoms with Gasteiger partial charge in [-0.15, -0.1) is 5.10 Å². The van der Waals surface area contributed by atoms with Gasteiger partial charge in [0.15, 0.2) is 11.5 Å². The zero-order valence-corrected chi connectivity index (χ0v) is 14.5. The first-order valence-electron chi connectivity index (χ1n) is 7.45. The molecule has 0 fully saturated rings. The lowest BCUT2D eigenvalue weighted by Crippen LogP contribution is -2.09. The van der Waals surface area contributed by atoms with Gasteiger partial charge in [-0.1, -0.05) is 11.6 Å². The zero-order valence-electron chi connectivity index (χ0n) is 13.8. The molecule has 0 radical (unpaired) electrons. The van der Waals surface area contributed by atoms with Gasteiger partial charge in [-0.05, 0) is 42.8 Å². The third-order valence-electron chi connectivity index (χ3n) is 3.88. The molecule has 2 N–H and O–H groups in total. The van der Waals surface area contributed by atoms with Crippen LogP contribution in [0.4, 0.5) is 5.69 Å². The van der Waals surface area contributed by atoms with Gasteiger partial charge in [-0.25, -0.2) is 0 Å². The van der Waals surface area contributed by atoms with Crippen molar-refractivity contribution in [1.82, 2.24) is 0 Å². The number of fused-ring (bicyclic) bond motifs is 1. The molecule has 0 amide bonds. The molecule has 24 heavy (non-hydrogen) atoms. The molecular weight excluding hydrogens is 326 g/mol. The van der Waals surface area contributed by atoms with Crippen molar-refractivity contribution in [2.24, 2.45) is 10.2 Å². The van der Waals surface area contributed by atoms with E-state index in [-0.39, 0.29) is 0 Å². The van der Waals surface area contributed by atoms with Gasteiger partial charge < -0.3 is 15.2 Å². The summed E-state index contributed by atoms with van der Waals surface area (Å²) in [5.41, 5.74) is 10.8. The number of hydrogen-bond acceptors (Lipinski definition) is 5. The normalized spacial score (nSPS) is 13.5. The molecule has 6 heteroatoms. The molecule has 0 saturated heterocycles. The van der Waals surface area contributed by atoms with E-state index in [1.54, 1.807) is 32.4 Å². The highest BCUT2D eigenvalue weighted by Gasteiger charge is 2.21. The van der Waals surface area contributed by atoms with Crippen LogP contribution in [0.3, 0.4) is 0 Å². The van der Waals surface area contributed by atoms with Crippen LogP contribution in [-0.2, 0) is 6.42 Å². The monoisotopic (exact) mass is 343 g/mol. The van der Waals surface area contributed by atoms with E-state index in [0.29, 0.717) is 34.3 Å². The molecule has 0 aliphatic carbocycles. The lowest BCUT2D eigenvalue weighted by atomic mass is 9.94. The van der Waals surface area contributed by atoms with Crippen LogP contribution < -0.4 is 15.2 Å². The summed E-state index contributed by atoms with van der Waals surface area (Å²) in [5.74, 6) is 1.30. The molecule has 0 spiro atoms. The third-order valence-corrected chi connectivity index (χ3v) is 4.21. The summed E-state index contributed by atoms with van der Waals surface area (Å²) in [5, 5.41) is 9.29. The van der Waals surface area contributed by atoms with Gasteiger partial charge in [0.05, 0.1) is 19.2 Å². The number of methoxy groups -OCH3 is 2. The molecule has 0 atom stereocenters. The Morgan fingerprint density at radius 3 is 2.42 bits per heavy atom. The molecule has 0 aromatic heterocycles. The van der Waals surface area contributed by atoms with Crippen LogP contribution in [0.5, 0.6) is 11.5 Å². The van der Waals surface area contributed by atoms with Gasteiger partial charge in [0.1, 0.15) is 5.71 Å². The Kier molecular flexibility index (Phi) is 4.44.